The number of allylic oxidation sites excluding steroid dienone is 1. The van der Waals surface area contributed by atoms with Crippen molar-refractivity contribution < 1.29 is 9.53 Å². The number of rotatable bonds is 2. The molecule has 1 amide bonds. The second kappa shape index (κ2) is 4.09. The zero-order valence-corrected chi connectivity index (χ0v) is 8.43. The molecule has 0 unspecified atom stereocenters. The number of carbonyl (C=O) groups is 1. The smallest absolute Gasteiger partial charge is 0.249 e. The van der Waals surface area contributed by atoms with Crippen LogP contribution in [0.3, 0.4) is 0 Å². The van der Waals surface area contributed by atoms with Gasteiger partial charge in [-0.3, -0.25) is 4.79 Å². The first kappa shape index (κ1) is 9.65. The molecule has 0 bridgehead atoms. The summed E-state index contributed by atoms with van der Waals surface area (Å²) in [5, 5.41) is 0. The van der Waals surface area contributed by atoms with Crippen LogP contribution in [0, 0.1) is 6.92 Å². The molecule has 0 saturated heterocycles. The first-order valence-electron chi connectivity index (χ1n) is 4.75. The standard InChI is InChI=1S/C12H11NO2/c1-9-3-2-4-10(7-9)15-11-5-6-12(14)13-8-11/h2-5,7-8H,6H2,1H3. The van der Waals surface area contributed by atoms with Crippen LogP contribution >= 0.6 is 0 Å². The number of benzene rings is 1. The van der Waals surface area contributed by atoms with Crippen molar-refractivity contribution in [2.75, 3.05) is 0 Å². The fourth-order valence-corrected chi connectivity index (χ4v) is 1.31. The maximum atomic E-state index is 10.8. The average molecular weight is 201 g/mol. The van der Waals surface area contributed by atoms with Gasteiger partial charge < -0.3 is 4.74 Å². The van der Waals surface area contributed by atoms with E-state index in [1.165, 1.54) is 6.21 Å². The molecule has 1 aromatic rings. The minimum absolute atomic E-state index is 0.133. The molecule has 3 heteroatoms. The SMILES string of the molecule is Cc1cccc(OC2=CCC(=O)N=C2)c1. The third-order valence-electron chi connectivity index (χ3n) is 2.04. The maximum Gasteiger partial charge on any atom is 0.249 e. The van der Waals surface area contributed by atoms with Crippen LogP contribution in [0.4, 0.5) is 0 Å². The Kier molecular flexibility index (Phi) is 2.63. The van der Waals surface area contributed by atoms with Crippen LogP contribution in [0.15, 0.2) is 41.1 Å². The van der Waals surface area contributed by atoms with E-state index in [-0.39, 0.29) is 5.91 Å². The molecule has 0 spiro atoms. The molecular formula is C12H11NO2. The molecular weight excluding hydrogens is 190 g/mol. The number of aryl methyl sites for hydroxylation is 1. The van der Waals surface area contributed by atoms with Gasteiger partial charge in [-0.05, 0) is 30.7 Å². The largest absolute Gasteiger partial charge is 0.456 e. The average Bonchev–Trinajstić information content (AvgIpc) is 2.22. The number of hydrogen-bond acceptors (Lipinski definition) is 2. The van der Waals surface area contributed by atoms with Crippen molar-refractivity contribution in [1.82, 2.24) is 0 Å². The van der Waals surface area contributed by atoms with Gasteiger partial charge in [0.25, 0.3) is 0 Å². The van der Waals surface area contributed by atoms with Crippen LogP contribution in [-0.2, 0) is 4.79 Å². The number of hydrogen-bond donors (Lipinski definition) is 0. The second-order valence-electron chi connectivity index (χ2n) is 3.38. The first-order chi connectivity index (χ1) is 7.24. The molecule has 1 aliphatic rings. The third-order valence-corrected chi connectivity index (χ3v) is 2.04. The van der Waals surface area contributed by atoms with Gasteiger partial charge in [-0.1, -0.05) is 12.1 Å². The van der Waals surface area contributed by atoms with Crippen LogP contribution in [-0.4, -0.2) is 12.1 Å². The zero-order valence-electron chi connectivity index (χ0n) is 8.43. The Morgan fingerprint density at radius 3 is 2.93 bits per heavy atom. The second-order valence-corrected chi connectivity index (χ2v) is 3.38. The maximum absolute atomic E-state index is 10.8. The van der Waals surface area contributed by atoms with Gasteiger partial charge in [-0.25, -0.2) is 4.99 Å². The highest BCUT2D eigenvalue weighted by Gasteiger charge is 2.06. The van der Waals surface area contributed by atoms with Crippen LogP contribution in [0.2, 0.25) is 0 Å². The van der Waals surface area contributed by atoms with E-state index in [1.54, 1.807) is 6.08 Å². The summed E-state index contributed by atoms with van der Waals surface area (Å²) in [7, 11) is 0. The Morgan fingerprint density at radius 1 is 1.40 bits per heavy atom. The lowest BCUT2D eigenvalue weighted by Gasteiger charge is -2.08. The van der Waals surface area contributed by atoms with Gasteiger partial charge >= 0.3 is 0 Å². The molecule has 76 valence electrons. The molecule has 2 rings (SSSR count). The van der Waals surface area contributed by atoms with E-state index in [0.717, 1.165) is 11.3 Å². The zero-order chi connectivity index (χ0) is 10.7. The predicted octanol–water partition coefficient (Wildman–Crippen LogP) is 2.26. The Hall–Kier alpha value is -1.90. The number of ether oxygens (including phenoxy) is 1. The van der Waals surface area contributed by atoms with Crippen molar-refractivity contribution in [1.29, 1.82) is 0 Å². The van der Waals surface area contributed by atoms with Crippen LogP contribution < -0.4 is 4.74 Å². The molecule has 0 atom stereocenters. The van der Waals surface area contributed by atoms with E-state index in [4.69, 9.17) is 4.74 Å². The minimum atomic E-state index is -0.133. The third kappa shape index (κ3) is 2.53. The summed E-state index contributed by atoms with van der Waals surface area (Å²) in [6.45, 7) is 2.00. The lowest BCUT2D eigenvalue weighted by Crippen LogP contribution is -2.05. The van der Waals surface area contributed by atoms with Crippen LogP contribution in [0.1, 0.15) is 12.0 Å². The van der Waals surface area contributed by atoms with Crippen molar-refractivity contribution in [3.05, 3.63) is 41.7 Å². The van der Waals surface area contributed by atoms with Crippen molar-refractivity contribution in [2.45, 2.75) is 13.3 Å². The quantitative estimate of drug-likeness (QED) is 0.736. The molecule has 1 aromatic carbocycles. The van der Waals surface area contributed by atoms with Gasteiger partial charge in [0.2, 0.25) is 5.91 Å². The minimum Gasteiger partial charge on any atom is -0.456 e. The number of nitrogens with zero attached hydrogens (tertiary/aromatic N) is 1. The van der Waals surface area contributed by atoms with Crippen LogP contribution in [0.25, 0.3) is 0 Å². The highest BCUT2D eigenvalue weighted by atomic mass is 16.5. The predicted molar refractivity (Wildman–Crippen MR) is 58.0 cm³/mol. The van der Waals surface area contributed by atoms with Crippen molar-refractivity contribution >= 4 is 12.1 Å². The normalized spacial score (nSPS) is 15.0. The van der Waals surface area contributed by atoms with Gasteiger partial charge in [0.1, 0.15) is 11.5 Å². The fraction of sp³-hybridized carbons (Fsp3) is 0.167. The van der Waals surface area contributed by atoms with Crippen molar-refractivity contribution in [3.63, 3.8) is 0 Å². The Morgan fingerprint density at radius 2 is 2.27 bits per heavy atom. The lowest BCUT2D eigenvalue weighted by atomic mass is 10.2. The van der Waals surface area contributed by atoms with E-state index in [0.29, 0.717) is 12.2 Å². The monoisotopic (exact) mass is 201 g/mol. The topological polar surface area (TPSA) is 38.7 Å². The molecule has 0 aliphatic carbocycles. The van der Waals surface area contributed by atoms with E-state index in [2.05, 4.69) is 4.99 Å². The van der Waals surface area contributed by atoms with E-state index in [9.17, 15) is 4.79 Å². The van der Waals surface area contributed by atoms with Gasteiger partial charge in [-0.15, -0.1) is 0 Å². The molecule has 0 N–H and O–H groups in total. The van der Waals surface area contributed by atoms with Gasteiger partial charge in [-0.2, -0.15) is 0 Å². The summed E-state index contributed by atoms with van der Waals surface area (Å²) in [6, 6.07) is 7.74. The highest BCUT2D eigenvalue weighted by molar-refractivity contribution is 5.94. The molecule has 0 radical (unpaired) electrons. The summed E-state index contributed by atoms with van der Waals surface area (Å²) in [5.74, 6) is 1.26. The Labute approximate surface area is 88.1 Å². The summed E-state index contributed by atoms with van der Waals surface area (Å²) in [6.07, 6.45) is 3.50. The molecule has 0 saturated carbocycles. The highest BCUT2D eigenvalue weighted by Crippen LogP contribution is 2.16. The van der Waals surface area contributed by atoms with E-state index in [1.807, 2.05) is 31.2 Å². The molecule has 1 aliphatic heterocycles. The summed E-state index contributed by atoms with van der Waals surface area (Å²) < 4.78 is 5.54. The summed E-state index contributed by atoms with van der Waals surface area (Å²) in [5.41, 5.74) is 1.14. The molecule has 0 fully saturated rings. The van der Waals surface area contributed by atoms with Crippen molar-refractivity contribution in [2.24, 2.45) is 4.99 Å². The number of carbonyl (C=O) groups excluding carboxylic acids is 1. The van der Waals surface area contributed by atoms with E-state index >= 15 is 0 Å². The Balaban J connectivity index is 2.10. The molecule has 0 aromatic heterocycles. The summed E-state index contributed by atoms with van der Waals surface area (Å²) >= 11 is 0. The summed E-state index contributed by atoms with van der Waals surface area (Å²) in [4.78, 5) is 14.5. The number of dihydropyridines is 1. The number of amides is 1. The fourth-order valence-electron chi connectivity index (χ4n) is 1.31. The molecule has 3 nitrogen and oxygen atoms in total. The first-order valence-corrected chi connectivity index (χ1v) is 4.75. The van der Waals surface area contributed by atoms with Gasteiger partial charge in [0.05, 0.1) is 12.6 Å². The van der Waals surface area contributed by atoms with E-state index < -0.39 is 0 Å². The Bertz CT molecular complexity index is 447. The van der Waals surface area contributed by atoms with Crippen LogP contribution in [0.5, 0.6) is 5.75 Å². The number of aliphatic imine (C=N–C) groups is 1. The van der Waals surface area contributed by atoms with Gasteiger partial charge in [0.15, 0.2) is 0 Å². The molecule has 15 heavy (non-hydrogen) atoms. The molecule has 1 heterocycles. The lowest BCUT2D eigenvalue weighted by molar-refractivity contribution is -0.117. The van der Waals surface area contributed by atoms with Crippen molar-refractivity contribution in [3.8, 4) is 5.75 Å². The van der Waals surface area contributed by atoms with Gasteiger partial charge in [0, 0.05) is 0 Å².